The second-order valence-corrected chi connectivity index (χ2v) is 8.46. The number of amides is 1. The molecule has 0 unspecified atom stereocenters. The number of aryl methyl sites for hydroxylation is 2. The molecular formula is C19H25N3O3S. The Morgan fingerprint density at radius 2 is 1.65 bits per heavy atom. The molecule has 0 aromatic heterocycles. The van der Waals surface area contributed by atoms with E-state index in [1.54, 1.807) is 18.2 Å². The van der Waals surface area contributed by atoms with Gasteiger partial charge in [0.05, 0.1) is 11.9 Å². The number of nitrogens with zero attached hydrogens (tertiary/aromatic N) is 2. The maximum atomic E-state index is 12.4. The van der Waals surface area contributed by atoms with Crippen LogP contribution in [-0.4, -0.2) is 41.2 Å². The summed E-state index contributed by atoms with van der Waals surface area (Å²) >= 11 is 0. The Morgan fingerprint density at radius 1 is 1.04 bits per heavy atom. The Hall–Kier alpha value is -2.54. The Kier molecular flexibility index (Phi) is 5.92. The smallest absolute Gasteiger partial charge is 0.245 e. The van der Waals surface area contributed by atoms with Crippen LogP contribution >= 0.6 is 0 Å². The average Bonchev–Trinajstić information content (AvgIpc) is 2.53. The summed E-state index contributed by atoms with van der Waals surface area (Å²) in [7, 11) is 0.271. The summed E-state index contributed by atoms with van der Waals surface area (Å²) in [5, 5.41) is 2.75. The first-order chi connectivity index (χ1) is 12.1. The second kappa shape index (κ2) is 7.78. The monoisotopic (exact) mass is 375 g/mol. The van der Waals surface area contributed by atoms with E-state index in [2.05, 4.69) is 5.32 Å². The highest BCUT2D eigenvalue weighted by Gasteiger charge is 2.22. The molecule has 0 aliphatic heterocycles. The molecule has 140 valence electrons. The molecule has 0 aliphatic carbocycles. The van der Waals surface area contributed by atoms with Crippen LogP contribution < -0.4 is 14.5 Å². The van der Waals surface area contributed by atoms with Gasteiger partial charge in [0.2, 0.25) is 15.9 Å². The summed E-state index contributed by atoms with van der Waals surface area (Å²) in [6.45, 7) is 3.49. The van der Waals surface area contributed by atoms with E-state index in [9.17, 15) is 13.2 Å². The molecule has 7 heteroatoms. The van der Waals surface area contributed by atoms with Crippen molar-refractivity contribution in [1.29, 1.82) is 0 Å². The van der Waals surface area contributed by atoms with Crippen molar-refractivity contribution in [3.63, 3.8) is 0 Å². The van der Waals surface area contributed by atoms with Crippen molar-refractivity contribution in [1.82, 2.24) is 0 Å². The van der Waals surface area contributed by atoms with Gasteiger partial charge in [-0.05, 0) is 49.7 Å². The standard InChI is InChI=1S/C19H25N3O3S/c1-14-6-11-18(15(2)12-14)22(26(5,24)25)13-19(23)20-16-7-9-17(10-8-16)21(3)4/h6-12H,13H2,1-5H3,(H,20,23). The number of benzene rings is 2. The van der Waals surface area contributed by atoms with E-state index in [1.165, 1.54) is 0 Å². The Balaban J connectivity index is 2.19. The van der Waals surface area contributed by atoms with E-state index in [-0.39, 0.29) is 6.54 Å². The molecule has 0 saturated heterocycles. The number of hydrogen-bond donors (Lipinski definition) is 1. The van der Waals surface area contributed by atoms with Crippen LogP contribution in [0.15, 0.2) is 42.5 Å². The summed E-state index contributed by atoms with van der Waals surface area (Å²) < 4.78 is 25.6. The van der Waals surface area contributed by atoms with Gasteiger partial charge in [0, 0.05) is 25.5 Å². The van der Waals surface area contributed by atoms with Gasteiger partial charge >= 0.3 is 0 Å². The van der Waals surface area contributed by atoms with Crippen molar-refractivity contribution in [3.05, 3.63) is 53.6 Å². The molecule has 0 radical (unpaired) electrons. The van der Waals surface area contributed by atoms with Gasteiger partial charge in [0.25, 0.3) is 0 Å². The summed E-state index contributed by atoms with van der Waals surface area (Å²) in [6, 6.07) is 12.8. The zero-order chi connectivity index (χ0) is 19.5. The van der Waals surface area contributed by atoms with Gasteiger partial charge in [-0.3, -0.25) is 9.10 Å². The topological polar surface area (TPSA) is 69.7 Å². The molecule has 6 nitrogen and oxygen atoms in total. The predicted molar refractivity (Wildman–Crippen MR) is 108 cm³/mol. The lowest BCUT2D eigenvalue weighted by Gasteiger charge is -2.24. The van der Waals surface area contributed by atoms with Crippen molar-refractivity contribution in [2.24, 2.45) is 0 Å². The summed E-state index contributed by atoms with van der Waals surface area (Å²) in [6.07, 6.45) is 1.10. The molecule has 2 aromatic carbocycles. The lowest BCUT2D eigenvalue weighted by molar-refractivity contribution is -0.114. The molecule has 1 amide bonds. The van der Waals surface area contributed by atoms with Crippen molar-refractivity contribution in [2.45, 2.75) is 13.8 Å². The molecule has 0 atom stereocenters. The zero-order valence-electron chi connectivity index (χ0n) is 15.8. The Bertz CT molecular complexity index is 891. The van der Waals surface area contributed by atoms with E-state index < -0.39 is 15.9 Å². The number of sulfonamides is 1. The number of rotatable bonds is 6. The van der Waals surface area contributed by atoms with Gasteiger partial charge in [-0.2, -0.15) is 0 Å². The molecule has 2 rings (SSSR count). The van der Waals surface area contributed by atoms with E-state index in [4.69, 9.17) is 0 Å². The fourth-order valence-electron chi connectivity index (χ4n) is 2.64. The maximum Gasteiger partial charge on any atom is 0.245 e. The average molecular weight is 375 g/mol. The highest BCUT2D eigenvalue weighted by atomic mass is 32.2. The van der Waals surface area contributed by atoms with Crippen LogP contribution in [-0.2, 0) is 14.8 Å². The Morgan fingerprint density at radius 3 is 2.15 bits per heavy atom. The third kappa shape index (κ3) is 4.98. The minimum absolute atomic E-state index is 0.280. The normalized spacial score (nSPS) is 11.1. The highest BCUT2D eigenvalue weighted by Crippen LogP contribution is 2.23. The third-order valence-electron chi connectivity index (χ3n) is 3.98. The highest BCUT2D eigenvalue weighted by molar-refractivity contribution is 7.92. The molecule has 0 aliphatic rings. The molecule has 0 saturated carbocycles. The number of carbonyl (C=O) groups excluding carboxylic acids is 1. The van der Waals surface area contributed by atoms with Gasteiger partial charge in [-0.1, -0.05) is 17.7 Å². The third-order valence-corrected chi connectivity index (χ3v) is 5.10. The van der Waals surface area contributed by atoms with Gasteiger partial charge < -0.3 is 10.2 Å². The Labute approximate surface area is 155 Å². The largest absolute Gasteiger partial charge is 0.378 e. The van der Waals surface area contributed by atoms with E-state index in [0.29, 0.717) is 11.4 Å². The van der Waals surface area contributed by atoms with E-state index in [0.717, 1.165) is 27.4 Å². The van der Waals surface area contributed by atoms with Crippen LogP contribution in [0, 0.1) is 13.8 Å². The number of hydrogen-bond acceptors (Lipinski definition) is 4. The first-order valence-electron chi connectivity index (χ1n) is 8.20. The molecule has 26 heavy (non-hydrogen) atoms. The number of carbonyl (C=O) groups is 1. The summed E-state index contributed by atoms with van der Waals surface area (Å²) in [5.41, 5.74) is 3.98. The molecule has 0 spiro atoms. The van der Waals surface area contributed by atoms with Crippen LogP contribution in [0.25, 0.3) is 0 Å². The van der Waals surface area contributed by atoms with Crippen LogP contribution in [0.4, 0.5) is 17.1 Å². The fourth-order valence-corrected chi connectivity index (χ4v) is 3.55. The van der Waals surface area contributed by atoms with Gasteiger partial charge in [-0.15, -0.1) is 0 Å². The molecule has 1 N–H and O–H groups in total. The molecule has 2 aromatic rings. The van der Waals surface area contributed by atoms with Crippen molar-refractivity contribution >= 4 is 33.0 Å². The molecule has 0 fully saturated rings. The van der Waals surface area contributed by atoms with Crippen LogP contribution in [0.5, 0.6) is 0 Å². The minimum Gasteiger partial charge on any atom is -0.378 e. The maximum absolute atomic E-state index is 12.4. The van der Waals surface area contributed by atoms with Crippen molar-refractivity contribution < 1.29 is 13.2 Å². The van der Waals surface area contributed by atoms with Crippen LogP contribution in [0.2, 0.25) is 0 Å². The minimum atomic E-state index is -3.59. The molecule has 0 bridgehead atoms. The number of anilines is 3. The first kappa shape index (κ1) is 19.8. The SMILES string of the molecule is Cc1ccc(N(CC(=O)Nc2ccc(N(C)C)cc2)S(C)(=O)=O)c(C)c1. The lowest BCUT2D eigenvalue weighted by Crippen LogP contribution is -2.37. The first-order valence-corrected chi connectivity index (χ1v) is 10.0. The lowest BCUT2D eigenvalue weighted by atomic mass is 10.1. The summed E-state index contributed by atoms with van der Waals surface area (Å²) in [4.78, 5) is 14.4. The van der Waals surface area contributed by atoms with E-state index in [1.807, 2.05) is 57.1 Å². The van der Waals surface area contributed by atoms with Crippen molar-refractivity contribution in [3.8, 4) is 0 Å². The number of nitrogens with one attached hydrogen (secondary N) is 1. The fraction of sp³-hybridized carbons (Fsp3) is 0.316. The van der Waals surface area contributed by atoms with Crippen molar-refractivity contribution in [2.75, 3.05) is 41.4 Å². The van der Waals surface area contributed by atoms with E-state index >= 15 is 0 Å². The van der Waals surface area contributed by atoms with Gasteiger partial charge in [0.15, 0.2) is 0 Å². The predicted octanol–water partition coefficient (Wildman–Crippen LogP) is 2.77. The summed E-state index contributed by atoms with van der Waals surface area (Å²) in [5.74, 6) is -0.395. The van der Waals surface area contributed by atoms with Crippen LogP contribution in [0.1, 0.15) is 11.1 Å². The van der Waals surface area contributed by atoms with Gasteiger partial charge in [0.1, 0.15) is 6.54 Å². The molecular weight excluding hydrogens is 350 g/mol. The van der Waals surface area contributed by atoms with Gasteiger partial charge in [-0.25, -0.2) is 8.42 Å². The van der Waals surface area contributed by atoms with Crippen LogP contribution in [0.3, 0.4) is 0 Å². The quantitative estimate of drug-likeness (QED) is 0.843. The molecule has 0 heterocycles. The second-order valence-electron chi connectivity index (χ2n) is 6.55. The zero-order valence-corrected chi connectivity index (χ0v) is 16.6.